The molecule has 7 heteroatoms. The number of rotatable bonds is 6. The van der Waals surface area contributed by atoms with Crippen LogP contribution in [0.15, 0.2) is 17.0 Å². The lowest BCUT2D eigenvalue weighted by Gasteiger charge is -2.21. The summed E-state index contributed by atoms with van der Waals surface area (Å²) < 4.78 is 26.4. The molecule has 0 aliphatic rings. The second-order valence-corrected chi connectivity index (χ2v) is 6.99. The Morgan fingerprint density at radius 3 is 2.26 bits per heavy atom. The summed E-state index contributed by atoms with van der Waals surface area (Å²) in [6, 6.07) is 2.87. The van der Waals surface area contributed by atoms with Crippen LogP contribution in [0.3, 0.4) is 0 Å². The van der Waals surface area contributed by atoms with Crippen molar-refractivity contribution in [1.29, 1.82) is 0 Å². The first-order valence-electron chi connectivity index (χ1n) is 5.92. The molecule has 0 fully saturated rings. The fourth-order valence-corrected chi connectivity index (χ4v) is 4.38. The first-order chi connectivity index (χ1) is 8.88. The van der Waals surface area contributed by atoms with Gasteiger partial charge in [-0.05, 0) is 24.1 Å². The van der Waals surface area contributed by atoms with E-state index in [1.807, 2.05) is 6.92 Å². The van der Waals surface area contributed by atoms with Gasteiger partial charge in [0.15, 0.2) is 0 Å². The van der Waals surface area contributed by atoms with Crippen LogP contribution in [0.4, 0.5) is 0 Å². The lowest BCUT2D eigenvalue weighted by Crippen LogP contribution is -2.31. The Hall–Kier alpha value is -0.000000000000000111. The molecule has 3 nitrogen and oxygen atoms in total. The van der Waals surface area contributed by atoms with Gasteiger partial charge in [0.1, 0.15) is 4.90 Å². The molecule has 0 bridgehead atoms. The summed E-state index contributed by atoms with van der Waals surface area (Å²) in [7, 11) is -3.61. The van der Waals surface area contributed by atoms with Crippen LogP contribution < -0.4 is 0 Å². The maximum atomic E-state index is 12.5. The first-order valence-corrected chi connectivity index (χ1v) is 8.65. The van der Waals surface area contributed by atoms with Crippen LogP contribution in [-0.4, -0.2) is 25.8 Å². The van der Waals surface area contributed by atoms with E-state index in [1.54, 1.807) is 6.92 Å². The van der Waals surface area contributed by atoms with Gasteiger partial charge in [-0.2, -0.15) is 4.31 Å². The summed E-state index contributed by atoms with van der Waals surface area (Å²) >= 11 is 17.7. The van der Waals surface area contributed by atoms with Crippen LogP contribution in [0.1, 0.15) is 25.8 Å². The molecule has 1 rings (SSSR count). The zero-order chi connectivity index (χ0) is 14.6. The third-order valence-corrected chi connectivity index (χ3v) is 5.77. The quantitative estimate of drug-likeness (QED) is 0.727. The normalized spacial score (nSPS) is 12.1. The van der Waals surface area contributed by atoms with Crippen molar-refractivity contribution < 1.29 is 8.42 Å². The molecular formula is C12H16Cl3NO2S. The second-order valence-electron chi connectivity index (χ2n) is 4.00. The number of hydrogen-bond acceptors (Lipinski definition) is 2. The van der Waals surface area contributed by atoms with Crippen molar-refractivity contribution in [3.63, 3.8) is 0 Å². The highest BCUT2D eigenvalue weighted by Gasteiger charge is 2.26. The summed E-state index contributed by atoms with van der Waals surface area (Å²) in [5, 5.41) is 0.492. The molecule has 0 amide bonds. The number of sulfonamides is 1. The minimum absolute atomic E-state index is 0.0597. The average molecular weight is 345 g/mol. The van der Waals surface area contributed by atoms with Crippen molar-refractivity contribution in [2.75, 3.05) is 13.1 Å². The van der Waals surface area contributed by atoms with Crippen LogP contribution in [-0.2, 0) is 15.9 Å². The van der Waals surface area contributed by atoms with E-state index in [0.29, 0.717) is 23.7 Å². The van der Waals surface area contributed by atoms with Crippen molar-refractivity contribution in [1.82, 2.24) is 4.31 Å². The number of benzene rings is 1. The Kier molecular flexibility index (Phi) is 6.40. The number of halogens is 3. The maximum absolute atomic E-state index is 12.5. The molecule has 0 saturated heterocycles. The van der Waals surface area contributed by atoms with Gasteiger partial charge in [-0.1, -0.05) is 37.0 Å². The van der Waals surface area contributed by atoms with E-state index in [0.717, 1.165) is 6.42 Å². The number of alkyl halides is 1. The fraction of sp³-hybridized carbons (Fsp3) is 0.500. The summed E-state index contributed by atoms with van der Waals surface area (Å²) in [5.41, 5.74) is 0.554. The highest BCUT2D eigenvalue weighted by molar-refractivity contribution is 7.89. The average Bonchev–Trinajstić information content (AvgIpc) is 2.35. The summed E-state index contributed by atoms with van der Waals surface area (Å²) in [5.74, 6) is 0.137. The molecular weight excluding hydrogens is 329 g/mol. The van der Waals surface area contributed by atoms with E-state index in [4.69, 9.17) is 34.8 Å². The van der Waals surface area contributed by atoms with Gasteiger partial charge in [-0.3, -0.25) is 0 Å². The monoisotopic (exact) mass is 343 g/mol. The van der Waals surface area contributed by atoms with Crippen LogP contribution in [0, 0.1) is 0 Å². The van der Waals surface area contributed by atoms with Gasteiger partial charge in [0.25, 0.3) is 0 Å². The zero-order valence-corrected chi connectivity index (χ0v) is 13.9. The third kappa shape index (κ3) is 3.76. The molecule has 0 heterocycles. The van der Waals surface area contributed by atoms with Gasteiger partial charge in [0.05, 0.1) is 5.02 Å². The standard InChI is InChI=1S/C12H16Cl3NO2S/c1-3-5-16(4-2)19(17,18)12-6-9(8-13)10(14)7-11(12)15/h6-7H,3-5,8H2,1-2H3. The Morgan fingerprint density at radius 2 is 1.79 bits per heavy atom. The lowest BCUT2D eigenvalue weighted by molar-refractivity contribution is 0.427. The molecule has 0 unspecified atom stereocenters. The molecule has 108 valence electrons. The Labute approximate surface area is 129 Å². The van der Waals surface area contributed by atoms with Crippen molar-refractivity contribution in [3.8, 4) is 0 Å². The molecule has 0 N–H and O–H groups in total. The minimum atomic E-state index is -3.61. The maximum Gasteiger partial charge on any atom is 0.244 e. The Bertz CT molecular complexity index is 546. The molecule has 0 atom stereocenters. The summed E-state index contributed by atoms with van der Waals surface area (Å²) in [6.45, 7) is 4.56. The summed E-state index contributed by atoms with van der Waals surface area (Å²) in [6.07, 6.45) is 0.737. The smallest absolute Gasteiger partial charge is 0.207 e. The Morgan fingerprint density at radius 1 is 1.16 bits per heavy atom. The highest BCUT2D eigenvalue weighted by atomic mass is 35.5. The molecule has 0 radical (unpaired) electrons. The van der Waals surface area contributed by atoms with Gasteiger partial charge in [0.2, 0.25) is 10.0 Å². The van der Waals surface area contributed by atoms with E-state index in [9.17, 15) is 8.42 Å². The van der Waals surface area contributed by atoms with E-state index in [1.165, 1.54) is 16.4 Å². The van der Waals surface area contributed by atoms with Crippen molar-refractivity contribution in [2.24, 2.45) is 0 Å². The molecule has 0 saturated carbocycles. The molecule has 0 spiro atoms. The molecule has 0 aliphatic heterocycles. The SMILES string of the molecule is CCCN(CC)S(=O)(=O)c1cc(CCl)c(Cl)cc1Cl. The van der Waals surface area contributed by atoms with Crippen molar-refractivity contribution in [3.05, 3.63) is 27.7 Å². The van der Waals surface area contributed by atoms with Crippen LogP contribution in [0.25, 0.3) is 0 Å². The number of hydrogen-bond donors (Lipinski definition) is 0. The van der Waals surface area contributed by atoms with E-state index >= 15 is 0 Å². The minimum Gasteiger partial charge on any atom is -0.207 e. The molecule has 0 aliphatic carbocycles. The fourth-order valence-electron chi connectivity index (χ4n) is 1.71. The van der Waals surface area contributed by atoms with Gasteiger partial charge in [0, 0.05) is 24.0 Å². The van der Waals surface area contributed by atoms with Gasteiger partial charge >= 0.3 is 0 Å². The largest absolute Gasteiger partial charge is 0.244 e. The number of nitrogens with zero attached hydrogens (tertiary/aromatic N) is 1. The van der Waals surface area contributed by atoms with Crippen LogP contribution in [0.5, 0.6) is 0 Å². The van der Waals surface area contributed by atoms with Crippen molar-refractivity contribution in [2.45, 2.75) is 31.0 Å². The summed E-state index contributed by atoms with van der Waals surface area (Å²) in [4.78, 5) is 0.0597. The van der Waals surface area contributed by atoms with Gasteiger partial charge in [-0.15, -0.1) is 11.6 Å². The molecule has 19 heavy (non-hydrogen) atoms. The van der Waals surface area contributed by atoms with Gasteiger partial charge in [-0.25, -0.2) is 8.42 Å². The van der Waals surface area contributed by atoms with Crippen molar-refractivity contribution >= 4 is 44.8 Å². The van der Waals surface area contributed by atoms with Crippen LogP contribution >= 0.6 is 34.8 Å². The molecule has 1 aromatic rings. The predicted molar refractivity (Wildman–Crippen MR) is 80.7 cm³/mol. The lowest BCUT2D eigenvalue weighted by atomic mass is 10.2. The molecule has 1 aromatic carbocycles. The zero-order valence-electron chi connectivity index (χ0n) is 10.8. The van der Waals surface area contributed by atoms with E-state index in [2.05, 4.69) is 0 Å². The second kappa shape index (κ2) is 7.14. The molecule has 0 aromatic heterocycles. The topological polar surface area (TPSA) is 37.4 Å². The Balaban J connectivity index is 3.35. The highest BCUT2D eigenvalue weighted by Crippen LogP contribution is 2.31. The first kappa shape index (κ1) is 17.1. The van der Waals surface area contributed by atoms with Crippen LogP contribution in [0.2, 0.25) is 10.0 Å². The third-order valence-electron chi connectivity index (χ3n) is 2.69. The van der Waals surface area contributed by atoms with E-state index in [-0.39, 0.29) is 15.8 Å². The van der Waals surface area contributed by atoms with E-state index < -0.39 is 10.0 Å². The van der Waals surface area contributed by atoms with Gasteiger partial charge < -0.3 is 0 Å². The predicted octanol–water partition coefficient (Wildman–Crippen LogP) is 4.15.